The molecule has 6 heteroatoms. The van der Waals surface area contributed by atoms with E-state index in [4.69, 9.17) is 15.2 Å². The van der Waals surface area contributed by atoms with Crippen LogP contribution >= 0.6 is 0 Å². The molecule has 4 nitrogen and oxygen atoms in total. The first kappa shape index (κ1) is 13.6. The van der Waals surface area contributed by atoms with Gasteiger partial charge in [0.1, 0.15) is 18.5 Å². The minimum atomic E-state index is -0.705. The van der Waals surface area contributed by atoms with Gasteiger partial charge in [-0.05, 0) is 18.6 Å². The summed E-state index contributed by atoms with van der Waals surface area (Å²) in [6.45, 7) is 2.34. The predicted molar refractivity (Wildman–Crippen MR) is 67.0 cm³/mol. The molecule has 0 radical (unpaired) electrons. The van der Waals surface area contributed by atoms with Crippen molar-refractivity contribution in [3.63, 3.8) is 0 Å². The monoisotopic (exact) mass is 270 g/mol. The van der Waals surface area contributed by atoms with Crippen LogP contribution in [0.2, 0.25) is 0 Å². The SMILES string of the molecule is CC[C@H](C[C@H]1COC(N)=N1)Oc1ccc(F)cc1F. The van der Waals surface area contributed by atoms with E-state index in [2.05, 4.69) is 4.99 Å². The number of benzene rings is 1. The lowest BCUT2D eigenvalue weighted by Crippen LogP contribution is -2.23. The van der Waals surface area contributed by atoms with Crippen molar-refractivity contribution in [3.05, 3.63) is 29.8 Å². The summed E-state index contributed by atoms with van der Waals surface area (Å²) in [5, 5.41) is 0. The minimum absolute atomic E-state index is 0.0455. The molecule has 1 aromatic carbocycles. The third-order valence-electron chi connectivity index (χ3n) is 2.91. The van der Waals surface area contributed by atoms with E-state index < -0.39 is 11.6 Å². The highest BCUT2D eigenvalue weighted by Crippen LogP contribution is 2.22. The van der Waals surface area contributed by atoms with Crippen molar-refractivity contribution in [3.8, 4) is 5.75 Å². The van der Waals surface area contributed by atoms with Crippen LogP contribution in [0.3, 0.4) is 0 Å². The molecule has 2 N–H and O–H groups in total. The fourth-order valence-corrected chi connectivity index (χ4v) is 1.91. The molecule has 0 bridgehead atoms. The number of hydrogen-bond donors (Lipinski definition) is 1. The zero-order valence-electron chi connectivity index (χ0n) is 10.6. The Kier molecular flexibility index (Phi) is 4.19. The molecule has 0 aliphatic carbocycles. The van der Waals surface area contributed by atoms with Gasteiger partial charge in [-0.2, -0.15) is 0 Å². The Morgan fingerprint density at radius 2 is 2.32 bits per heavy atom. The lowest BCUT2D eigenvalue weighted by atomic mass is 10.1. The zero-order chi connectivity index (χ0) is 13.8. The van der Waals surface area contributed by atoms with Crippen molar-refractivity contribution in [2.24, 2.45) is 10.7 Å². The Hall–Kier alpha value is -1.85. The van der Waals surface area contributed by atoms with Gasteiger partial charge in [0.15, 0.2) is 11.6 Å². The number of aliphatic imine (C=N–C) groups is 1. The lowest BCUT2D eigenvalue weighted by molar-refractivity contribution is 0.162. The number of ether oxygens (including phenoxy) is 2. The molecule has 0 saturated heterocycles. The number of nitrogens with two attached hydrogens (primary N) is 1. The van der Waals surface area contributed by atoms with Crippen molar-refractivity contribution >= 4 is 6.02 Å². The Balaban J connectivity index is 1.98. The van der Waals surface area contributed by atoms with E-state index in [1.54, 1.807) is 0 Å². The van der Waals surface area contributed by atoms with E-state index in [9.17, 15) is 8.78 Å². The summed E-state index contributed by atoms with van der Waals surface area (Å²) in [6, 6.07) is 3.36. The number of halogens is 2. The number of rotatable bonds is 5. The van der Waals surface area contributed by atoms with E-state index in [-0.39, 0.29) is 23.9 Å². The maximum atomic E-state index is 13.5. The van der Waals surface area contributed by atoms with Crippen LogP contribution in [0, 0.1) is 11.6 Å². The van der Waals surface area contributed by atoms with Crippen LogP contribution in [0.25, 0.3) is 0 Å². The van der Waals surface area contributed by atoms with Gasteiger partial charge in [0.25, 0.3) is 6.02 Å². The molecule has 0 saturated carbocycles. The minimum Gasteiger partial charge on any atom is -0.487 e. The van der Waals surface area contributed by atoms with E-state index in [0.29, 0.717) is 19.4 Å². The van der Waals surface area contributed by atoms with E-state index in [1.165, 1.54) is 12.1 Å². The third kappa shape index (κ3) is 3.56. The summed E-state index contributed by atoms with van der Waals surface area (Å²) in [4.78, 5) is 4.09. The Bertz CT molecular complexity index is 480. The molecular formula is C13H16F2N2O2. The number of amidine groups is 1. The molecule has 2 rings (SSSR count). The van der Waals surface area contributed by atoms with E-state index in [1.807, 2.05) is 6.92 Å². The summed E-state index contributed by atoms with van der Waals surface area (Å²) >= 11 is 0. The summed E-state index contributed by atoms with van der Waals surface area (Å²) in [5.41, 5.74) is 5.42. The standard InChI is InChI=1S/C13H16F2N2O2/c1-2-10(6-9-7-18-13(16)17-9)19-12-4-3-8(14)5-11(12)15/h3-5,9-10H,2,6-7H2,1H3,(H2,16,17)/t9-,10+/m0/s1. The highest BCUT2D eigenvalue weighted by Gasteiger charge is 2.22. The molecule has 0 spiro atoms. The van der Waals surface area contributed by atoms with Crippen LogP contribution in [0.4, 0.5) is 8.78 Å². The highest BCUT2D eigenvalue weighted by atomic mass is 19.1. The molecule has 19 heavy (non-hydrogen) atoms. The van der Waals surface area contributed by atoms with Crippen LogP contribution in [0.15, 0.2) is 23.2 Å². The molecular weight excluding hydrogens is 254 g/mol. The molecule has 104 valence electrons. The molecule has 0 aromatic heterocycles. The summed E-state index contributed by atoms with van der Waals surface area (Å²) in [6.07, 6.45) is 1.04. The second kappa shape index (κ2) is 5.86. The second-order valence-corrected chi connectivity index (χ2v) is 4.39. The van der Waals surface area contributed by atoms with Crippen LogP contribution in [0.1, 0.15) is 19.8 Å². The highest BCUT2D eigenvalue weighted by molar-refractivity contribution is 5.73. The lowest BCUT2D eigenvalue weighted by Gasteiger charge is -2.19. The average molecular weight is 270 g/mol. The first-order valence-corrected chi connectivity index (χ1v) is 6.16. The van der Waals surface area contributed by atoms with Crippen LogP contribution in [0.5, 0.6) is 5.75 Å². The van der Waals surface area contributed by atoms with Crippen molar-refractivity contribution < 1.29 is 18.3 Å². The van der Waals surface area contributed by atoms with Gasteiger partial charge in [0, 0.05) is 12.5 Å². The third-order valence-corrected chi connectivity index (χ3v) is 2.91. The average Bonchev–Trinajstić information content (AvgIpc) is 2.77. The fourth-order valence-electron chi connectivity index (χ4n) is 1.91. The fraction of sp³-hybridized carbons (Fsp3) is 0.462. The Morgan fingerprint density at radius 1 is 1.53 bits per heavy atom. The Labute approximate surface area is 110 Å². The molecule has 1 heterocycles. The molecule has 2 atom stereocenters. The predicted octanol–water partition coefficient (Wildman–Crippen LogP) is 2.23. The van der Waals surface area contributed by atoms with Gasteiger partial charge >= 0.3 is 0 Å². The first-order chi connectivity index (χ1) is 9.08. The quantitative estimate of drug-likeness (QED) is 0.892. The molecule has 1 aromatic rings. The summed E-state index contributed by atoms with van der Waals surface area (Å²) in [5.74, 6) is -1.28. The maximum Gasteiger partial charge on any atom is 0.282 e. The largest absolute Gasteiger partial charge is 0.487 e. The zero-order valence-corrected chi connectivity index (χ0v) is 10.6. The van der Waals surface area contributed by atoms with Crippen LogP contribution in [-0.4, -0.2) is 24.8 Å². The normalized spacial score (nSPS) is 19.7. The van der Waals surface area contributed by atoms with Crippen molar-refractivity contribution in [1.82, 2.24) is 0 Å². The Morgan fingerprint density at radius 3 is 2.89 bits per heavy atom. The van der Waals surface area contributed by atoms with Gasteiger partial charge in [0.2, 0.25) is 0 Å². The molecule has 0 unspecified atom stereocenters. The van der Waals surface area contributed by atoms with Crippen LogP contribution < -0.4 is 10.5 Å². The van der Waals surface area contributed by atoms with Gasteiger partial charge in [-0.25, -0.2) is 13.8 Å². The van der Waals surface area contributed by atoms with E-state index in [0.717, 1.165) is 6.07 Å². The summed E-state index contributed by atoms with van der Waals surface area (Å²) < 4.78 is 36.9. The smallest absolute Gasteiger partial charge is 0.282 e. The first-order valence-electron chi connectivity index (χ1n) is 6.16. The van der Waals surface area contributed by atoms with Crippen molar-refractivity contribution in [1.29, 1.82) is 0 Å². The van der Waals surface area contributed by atoms with Crippen molar-refractivity contribution in [2.75, 3.05) is 6.61 Å². The number of nitrogens with zero attached hydrogens (tertiary/aromatic N) is 1. The maximum absolute atomic E-state index is 13.5. The molecule has 0 amide bonds. The van der Waals surface area contributed by atoms with Gasteiger partial charge in [-0.15, -0.1) is 0 Å². The van der Waals surface area contributed by atoms with Gasteiger partial charge in [-0.1, -0.05) is 6.92 Å². The van der Waals surface area contributed by atoms with Crippen LogP contribution in [-0.2, 0) is 4.74 Å². The van der Waals surface area contributed by atoms with E-state index >= 15 is 0 Å². The topological polar surface area (TPSA) is 56.8 Å². The van der Waals surface area contributed by atoms with Gasteiger partial charge < -0.3 is 15.2 Å². The number of hydrogen-bond acceptors (Lipinski definition) is 4. The second-order valence-electron chi connectivity index (χ2n) is 4.39. The van der Waals surface area contributed by atoms with Gasteiger partial charge in [0.05, 0.1) is 6.04 Å². The molecule has 1 aliphatic rings. The molecule has 1 aliphatic heterocycles. The molecule has 0 fully saturated rings. The van der Waals surface area contributed by atoms with Gasteiger partial charge in [-0.3, -0.25) is 0 Å². The summed E-state index contributed by atoms with van der Waals surface area (Å²) in [7, 11) is 0. The van der Waals surface area contributed by atoms with Crippen molar-refractivity contribution in [2.45, 2.75) is 31.9 Å².